The third-order valence-electron chi connectivity index (χ3n) is 1.79. The molecule has 2 heterocycles. The normalized spacial score (nSPS) is 10.5. The lowest BCUT2D eigenvalue weighted by molar-refractivity contribution is 0.765. The lowest BCUT2D eigenvalue weighted by Gasteiger charge is -1.99. The van der Waals surface area contributed by atoms with Crippen LogP contribution in [-0.4, -0.2) is 19.7 Å². The average Bonchev–Trinajstić information content (AvgIpc) is 2.50. The number of H-pyrrole nitrogens is 1. The smallest absolute Gasteiger partial charge is 0.343 e. The van der Waals surface area contributed by atoms with Gasteiger partial charge in [0, 0.05) is 18.9 Å². The Morgan fingerprint density at radius 2 is 2.40 bits per heavy atom. The Morgan fingerprint density at radius 1 is 1.60 bits per heavy atom. The zero-order valence-electron chi connectivity index (χ0n) is 7.97. The second-order valence-electron chi connectivity index (χ2n) is 2.90. The summed E-state index contributed by atoms with van der Waals surface area (Å²) in [6.45, 7) is 0. The molecule has 0 spiro atoms. The van der Waals surface area contributed by atoms with Gasteiger partial charge in [-0.1, -0.05) is 0 Å². The fourth-order valence-electron chi connectivity index (χ4n) is 0.998. The van der Waals surface area contributed by atoms with E-state index in [1.165, 1.54) is 16.3 Å². The summed E-state index contributed by atoms with van der Waals surface area (Å²) in [5, 5.41) is 7.46. The Morgan fingerprint density at radius 3 is 3.00 bits per heavy atom. The van der Waals surface area contributed by atoms with Gasteiger partial charge in [-0.2, -0.15) is 0 Å². The summed E-state index contributed by atoms with van der Waals surface area (Å²) in [5.74, 6) is 0. The summed E-state index contributed by atoms with van der Waals surface area (Å²) in [6.07, 6.45) is 1.61. The van der Waals surface area contributed by atoms with Gasteiger partial charge in [0.15, 0.2) is 5.16 Å². The largest absolute Gasteiger partial charge is 0.399 e. The number of nitrogens with one attached hydrogen (secondary N) is 1. The van der Waals surface area contributed by atoms with Gasteiger partial charge in [-0.25, -0.2) is 14.9 Å². The molecule has 0 radical (unpaired) electrons. The third-order valence-corrected chi connectivity index (χ3v) is 2.77. The molecule has 0 fully saturated rings. The van der Waals surface area contributed by atoms with Crippen LogP contribution < -0.4 is 11.4 Å². The molecule has 78 valence electrons. The quantitative estimate of drug-likeness (QED) is 0.761. The monoisotopic (exact) mass is 223 g/mol. The Hall–Kier alpha value is -1.76. The van der Waals surface area contributed by atoms with Crippen molar-refractivity contribution in [1.29, 1.82) is 0 Å². The molecule has 0 atom stereocenters. The van der Waals surface area contributed by atoms with E-state index in [0.29, 0.717) is 15.9 Å². The molecule has 0 amide bonds. The van der Waals surface area contributed by atoms with Crippen LogP contribution in [0, 0.1) is 0 Å². The Balaban J connectivity index is 2.29. The van der Waals surface area contributed by atoms with Crippen molar-refractivity contribution >= 4 is 17.4 Å². The van der Waals surface area contributed by atoms with E-state index in [-0.39, 0.29) is 5.69 Å². The van der Waals surface area contributed by atoms with Gasteiger partial charge in [0.1, 0.15) is 5.03 Å². The molecular formula is C8H9N5OS. The number of pyridine rings is 1. The molecule has 2 aromatic rings. The van der Waals surface area contributed by atoms with Crippen LogP contribution in [-0.2, 0) is 7.05 Å². The zero-order chi connectivity index (χ0) is 10.8. The highest BCUT2D eigenvalue weighted by Gasteiger charge is 2.06. The maximum absolute atomic E-state index is 11.1. The van der Waals surface area contributed by atoms with E-state index >= 15 is 0 Å². The topological polar surface area (TPSA) is 89.6 Å². The minimum absolute atomic E-state index is 0.249. The predicted molar refractivity (Wildman–Crippen MR) is 56.6 cm³/mol. The lowest BCUT2D eigenvalue weighted by atomic mass is 10.4. The van der Waals surface area contributed by atoms with Crippen LogP contribution in [0.3, 0.4) is 0 Å². The van der Waals surface area contributed by atoms with Crippen LogP contribution in [0.5, 0.6) is 0 Å². The second kappa shape index (κ2) is 3.77. The summed E-state index contributed by atoms with van der Waals surface area (Å²) in [7, 11) is 1.64. The highest BCUT2D eigenvalue weighted by Crippen LogP contribution is 2.23. The Bertz CT molecular complexity index is 532. The van der Waals surface area contributed by atoms with Crippen molar-refractivity contribution in [2.45, 2.75) is 10.2 Å². The van der Waals surface area contributed by atoms with Gasteiger partial charge in [-0.05, 0) is 23.9 Å². The molecule has 0 aliphatic carbocycles. The van der Waals surface area contributed by atoms with Gasteiger partial charge in [-0.15, -0.1) is 5.10 Å². The molecule has 15 heavy (non-hydrogen) atoms. The van der Waals surface area contributed by atoms with E-state index < -0.39 is 0 Å². The highest BCUT2D eigenvalue weighted by atomic mass is 32.2. The first-order valence-electron chi connectivity index (χ1n) is 4.17. The Kier molecular flexibility index (Phi) is 2.46. The van der Waals surface area contributed by atoms with Crippen molar-refractivity contribution in [3.8, 4) is 0 Å². The fraction of sp³-hybridized carbons (Fsp3) is 0.125. The maximum Gasteiger partial charge on any atom is 0.343 e. The number of aromatic nitrogens is 4. The number of hydrogen-bond acceptors (Lipinski definition) is 5. The number of anilines is 1. The molecule has 0 aromatic carbocycles. The second-order valence-corrected chi connectivity index (χ2v) is 3.89. The number of rotatable bonds is 2. The lowest BCUT2D eigenvalue weighted by Crippen LogP contribution is -2.12. The van der Waals surface area contributed by atoms with Gasteiger partial charge >= 0.3 is 5.69 Å². The van der Waals surface area contributed by atoms with Crippen LogP contribution in [0.1, 0.15) is 0 Å². The molecule has 0 aliphatic rings. The van der Waals surface area contributed by atoms with E-state index in [1.807, 2.05) is 0 Å². The van der Waals surface area contributed by atoms with E-state index in [9.17, 15) is 4.79 Å². The molecule has 0 aliphatic heterocycles. The van der Waals surface area contributed by atoms with Crippen LogP contribution >= 0.6 is 11.8 Å². The fourth-order valence-corrected chi connectivity index (χ4v) is 1.80. The molecule has 0 saturated heterocycles. The Labute approximate surface area is 89.5 Å². The van der Waals surface area contributed by atoms with Gasteiger partial charge in [0.2, 0.25) is 0 Å². The third kappa shape index (κ3) is 2.01. The SMILES string of the molecule is Cn1c(Sc2cc(N)ccn2)n[nH]c1=O. The number of aromatic amines is 1. The molecular weight excluding hydrogens is 214 g/mol. The van der Waals surface area contributed by atoms with Crippen LogP contribution in [0.25, 0.3) is 0 Å². The predicted octanol–water partition coefficient (Wildman–Crippen LogP) is 0.237. The molecule has 0 saturated carbocycles. The highest BCUT2D eigenvalue weighted by molar-refractivity contribution is 7.99. The number of nitrogens with zero attached hydrogens (tertiary/aromatic N) is 3. The van der Waals surface area contributed by atoms with Gasteiger partial charge in [0.05, 0.1) is 0 Å². The van der Waals surface area contributed by atoms with Crippen molar-refractivity contribution in [3.05, 3.63) is 28.8 Å². The first-order valence-corrected chi connectivity index (χ1v) is 4.99. The minimum Gasteiger partial charge on any atom is -0.399 e. The van der Waals surface area contributed by atoms with Crippen molar-refractivity contribution in [2.75, 3.05) is 5.73 Å². The van der Waals surface area contributed by atoms with Crippen molar-refractivity contribution < 1.29 is 0 Å². The maximum atomic E-state index is 11.1. The first kappa shape index (κ1) is 9.78. The molecule has 7 heteroatoms. The summed E-state index contributed by atoms with van der Waals surface area (Å²) in [6, 6.07) is 3.43. The van der Waals surface area contributed by atoms with Crippen molar-refractivity contribution in [3.63, 3.8) is 0 Å². The number of hydrogen-bond donors (Lipinski definition) is 2. The molecule has 6 nitrogen and oxygen atoms in total. The van der Waals surface area contributed by atoms with Crippen molar-refractivity contribution in [2.24, 2.45) is 7.05 Å². The van der Waals surface area contributed by atoms with Crippen LogP contribution in [0.2, 0.25) is 0 Å². The summed E-state index contributed by atoms with van der Waals surface area (Å²) < 4.78 is 1.41. The summed E-state index contributed by atoms with van der Waals surface area (Å²) >= 11 is 1.28. The number of nitrogen functional groups attached to an aromatic ring is 1. The van der Waals surface area contributed by atoms with Crippen LogP contribution in [0.4, 0.5) is 5.69 Å². The summed E-state index contributed by atoms with van der Waals surface area (Å²) in [5.41, 5.74) is 5.99. The van der Waals surface area contributed by atoms with Gasteiger partial charge in [-0.3, -0.25) is 4.57 Å². The molecule has 0 unspecified atom stereocenters. The van der Waals surface area contributed by atoms with E-state index in [1.54, 1.807) is 25.4 Å². The van der Waals surface area contributed by atoms with E-state index in [4.69, 9.17) is 5.73 Å². The molecule has 0 bridgehead atoms. The van der Waals surface area contributed by atoms with Crippen LogP contribution in [0.15, 0.2) is 33.3 Å². The van der Waals surface area contributed by atoms with Gasteiger partial charge in [0.25, 0.3) is 0 Å². The standard InChI is InChI=1S/C8H9N5OS/c1-13-7(14)11-12-8(13)15-6-4-5(9)2-3-10-6/h2-4H,1H3,(H2,9,10)(H,11,14). The van der Waals surface area contributed by atoms with Gasteiger partial charge < -0.3 is 5.73 Å². The van der Waals surface area contributed by atoms with E-state index in [2.05, 4.69) is 15.2 Å². The minimum atomic E-state index is -0.249. The van der Waals surface area contributed by atoms with Crippen molar-refractivity contribution in [1.82, 2.24) is 19.7 Å². The van der Waals surface area contributed by atoms with E-state index in [0.717, 1.165) is 0 Å². The first-order chi connectivity index (χ1) is 7.16. The molecule has 2 rings (SSSR count). The molecule has 2 aromatic heterocycles. The summed E-state index contributed by atoms with van der Waals surface area (Å²) in [4.78, 5) is 15.2. The number of nitrogens with two attached hydrogens (primary N) is 1. The zero-order valence-corrected chi connectivity index (χ0v) is 8.78. The molecule has 3 N–H and O–H groups in total. The average molecular weight is 223 g/mol.